The van der Waals surface area contributed by atoms with E-state index in [1.54, 1.807) is 44.4 Å². The molecule has 0 unspecified atom stereocenters. The molecule has 2 amide bonds. The number of carbonyl (C=O) groups excluding carboxylic acids is 2. The molecule has 3 aromatic rings. The fourth-order valence-electron chi connectivity index (χ4n) is 2.71. The molecular weight excluding hydrogens is 358 g/mol. The van der Waals surface area contributed by atoms with Gasteiger partial charge in [0.25, 0.3) is 11.8 Å². The molecule has 0 aliphatic heterocycles. The predicted octanol–water partition coefficient (Wildman–Crippen LogP) is 3.22. The number of amides is 2. The Labute approximate surface area is 162 Å². The van der Waals surface area contributed by atoms with Crippen molar-refractivity contribution in [2.24, 2.45) is 0 Å². The number of nitrogens with zero attached hydrogens (tertiary/aromatic N) is 1. The summed E-state index contributed by atoms with van der Waals surface area (Å²) in [5, 5.41) is 9.23. The van der Waals surface area contributed by atoms with E-state index < -0.39 is 0 Å². The van der Waals surface area contributed by atoms with Crippen LogP contribution in [0.2, 0.25) is 0 Å². The van der Waals surface area contributed by atoms with Gasteiger partial charge >= 0.3 is 0 Å². The number of benzene rings is 2. The molecule has 0 aliphatic rings. The number of aromatic nitrogens is 1. The monoisotopic (exact) mass is 379 g/mol. The summed E-state index contributed by atoms with van der Waals surface area (Å²) in [6.07, 6.45) is 0.660. The fourth-order valence-corrected chi connectivity index (χ4v) is 2.71. The second-order valence-electron chi connectivity index (χ2n) is 6.17. The molecule has 2 N–H and O–H groups in total. The summed E-state index contributed by atoms with van der Waals surface area (Å²) in [5.41, 5.74) is 1.93. The molecule has 2 aromatic carbocycles. The third-order valence-corrected chi connectivity index (χ3v) is 4.15. The minimum absolute atomic E-state index is 0.200. The Morgan fingerprint density at radius 1 is 1.04 bits per heavy atom. The Morgan fingerprint density at radius 3 is 2.36 bits per heavy atom. The zero-order chi connectivity index (χ0) is 19.9. The maximum atomic E-state index is 12.3. The second kappa shape index (κ2) is 8.85. The molecule has 0 spiro atoms. The number of methoxy groups -OCH3 is 1. The SMILES string of the molecule is COc1ccccc1CCNC(=O)c1ccc(C(=O)Nc2cc(C)on2)cc1. The summed E-state index contributed by atoms with van der Waals surface area (Å²) in [4.78, 5) is 24.5. The first kappa shape index (κ1) is 19.2. The third-order valence-electron chi connectivity index (χ3n) is 4.15. The van der Waals surface area contributed by atoms with E-state index >= 15 is 0 Å². The van der Waals surface area contributed by atoms with Gasteiger partial charge in [-0.1, -0.05) is 23.4 Å². The molecule has 7 heteroatoms. The summed E-state index contributed by atoms with van der Waals surface area (Å²) in [7, 11) is 1.62. The van der Waals surface area contributed by atoms with Crippen LogP contribution in [0.5, 0.6) is 5.75 Å². The molecule has 0 bridgehead atoms. The van der Waals surface area contributed by atoms with E-state index in [1.807, 2.05) is 24.3 Å². The number of hydrogen-bond acceptors (Lipinski definition) is 5. The van der Waals surface area contributed by atoms with E-state index in [2.05, 4.69) is 15.8 Å². The Bertz CT molecular complexity index is 964. The van der Waals surface area contributed by atoms with Crippen LogP contribution < -0.4 is 15.4 Å². The zero-order valence-electron chi connectivity index (χ0n) is 15.7. The number of rotatable bonds is 7. The van der Waals surface area contributed by atoms with Gasteiger partial charge in [-0.15, -0.1) is 0 Å². The number of para-hydroxylation sites is 1. The van der Waals surface area contributed by atoms with Crippen LogP contribution in [-0.2, 0) is 6.42 Å². The highest BCUT2D eigenvalue weighted by molar-refractivity contribution is 6.04. The summed E-state index contributed by atoms with van der Waals surface area (Å²) < 4.78 is 10.2. The first-order chi connectivity index (χ1) is 13.6. The van der Waals surface area contributed by atoms with Crippen LogP contribution in [-0.4, -0.2) is 30.6 Å². The van der Waals surface area contributed by atoms with E-state index in [0.717, 1.165) is 11.3 Å². The quantitative estimate of drug-likeness (QED) is 0.657. The number of aryl methyl sites for hydroxylation is 1. The van der Waals surface area contributed by atoms with Crippen molar-refractivity contribution in [1.29, 1.82) is 0 Å². The lowest BCUT2D eigenvalue weighted by Gasteiger charge is -2.09. The summed E-state index contributed by atoms with van der Waals surface area (Å²) in [6.45, 7) is 2.22. The second-order valence-corrected chi connectivity index (χ2v) is 6.17. The largest absolute Gasteiger partial charge is 0.496 e. The van der Waals surface area contributed by atoms with Crippen LogP contribution in [0.4, 0.5) is 5.82 Å². The maximum absolute atomic E-state index is 12.3. The van der Waals surface area contributed by atoms with Crippen molar-refractivity contribution in [1.82, 2.24) is 10.5 Å². The van der Waals surface area contributed by atoms with E-state index in [9.17, 15) is 9.59 Å². The van der Waals surface area contributed by atoms with Gasteiger partial charge in [-0.05, 0) is 49.2 Å². The molecule has 0 saturated carbocycles. The highest BCUT2D eigenvalue weighted by atomic mass is 16.5. The molecule has 0 fully saturated rings. The number of carbonyl (C=O) groups is 2. The lowest BCUT2D eigenvalue weighted by molar-refractivity contribution is 0.0952. The Hall–Kier alpha value is -3.61. The van der Waals surface area contributed by atoms with E-state index in [4.69, 9.17) is 9.26 Å². The lowest BCUT2D eigenvalue weighted by Crippen LogP contribution is -2.25. The number of anilines is 1. The molecule has 7 nitrogen and oxygen atoms in total. The third kappa shape index (κ3) is 4.76. The summed E-state index contributed by atoms with van der Waals surface area (Å²) in [6, 6.07) is 15.7. The first-order valence-electron chi connectivity index (χ1n) is 8.81. The van der Waals surface area contributed by atoms with E-state index in [-0.39, 0.29) is 11.8 Å². The van der Waals surface area contributed by atoms with Crippen molar-refractivity contribution in [2.75, 3.05) is 19.0 Å². The number of ether oxygens (including phenoxy) is 1. The average Bonchev–Trinajstić information content (AvgIpc) is 3.13. The molecule has 0 saturated heterocycles. The molecule has 3 rings (SSSR count). The van der Waals surface area contributed by atoms with Crippen molar-refractivity contribution < 1.29 is 18.8 Å². The van der Waals surface area contributed by atoms with Crippen molar-refractivity contribution >= 4 is 17.6 Å². The van der Waals surface area contributed by atoms with E-state index in [0.29, 0.717) is 35.7 Å². The fraction of sp³-hybridized carbons (Fsp3) is 0.190. The normalized spacial score (nSPS) is 10.4. The number of nitrogens with one attached hydrogen (secondary N) is 2. The Morgan fingerprint density at radius 2 is 1.71 bits per heavy atom. The van der Waals surface area contributed by atoms with Crippen LogP contribution in [0, 0.1) is 6.92 Å². The minimum atomic E-state index is -0.323. The van der Waals surface area contributed by atoms with Gasteiger partial charge in [0.05, 0.1) is 7.11 Å². The van der Waals surface area contributed by atoms with Gasteiger partial charge in [0.1, 0.15) is 11.5 Å². The topological polar surface area (TPSA) is 93.5 Å². The highest BCUT2D eigenvalue weighted by Crippen LogP contribution is 2.17. The molecule has 144 valence electrons. The highest BCUT2D eigenvalue weighted by Gasteiger charge is 2.11. The molecule has 1 heterocycles. The molecule has 0 aliphatic carbocycles. The molecule has 0 atom stereocenters. The Balaban J connectivity index is 1.54. The van der Waals surface area contributed by atoms with E-state index in [1.165, 1.54) is 0 Å². The smallest absolute Gasteiger partial charge is 0.256 e. The van der Waals surface area contributed by atoms with Crippen LogP contribution >= 0.6 is 0 Å². The lowest BCUT2D eigenvalue weighted by atomic mass is 10.1. The molecular formula is C21H21N3O4. The molecule has 1 aromatic heterocycles. The van der Waals surface area contributed by atoms with Gasteiger partial charge in [0.2, 0.25) is 0 Å². The van der Waals surface area contributed by atoms with Crippen LogP contribution in [0.3, 0.4) is 0 Å². The van der Waals surface area contributed by atoms with Gasteiger partial charge in [0.15, 0.2) is 5.82 Å². The van der Waals surface area contributed by atoms with Gasteiger partial charge < -0.3 is 19.9 Å². The van der Waals surface area contributed by atoms with Gasteiger partial charge in [-0.25, -0.2) is 0 Å². The number of hydrogen-bond donors (Lipinski definition) is 2. The molecule has 0 radical (unpaired) electrons. The first-order valence-corrected chi connectivity index (χ1v) is 8.81. The van der Waals surface area contributed by atoms with Crippen molar-refractivity contribution in [2.45, 2.75) is 13.3 Å². The van der Waals surface area contributed by atoms with Crippen LogP contribution in [0.15, 0.2) is 59.1 Å². The van der Waals surface area contributed by atoms with Crippen molar-refractivity contribution in [3.05, 3.63) is 77.0 Å². The Kier molecular flexibility index (Phi) is 6.06. The molecule has 28 heavy (non-hydrogen) atoms. The minimum Gasteiger partial charge on any atom is -0.496 e. The van der Waals surface area contributed by atoms with Crippen LogP contribution in [0.1, 0.15) is 32.0 Å². The maximum Gasteiger partial charge on any atom is 0.256 e. The van der Waals surface area contributed by atoms with Gasteiger partial charge in [0, 0.05) is 23.7 Å². The van der Waals surface area contributed by atoms with Crippen LogP contribution in [0.25, 0.3) is 0 Å². The zero-order valence-corrected chi connectivity index (χ0v) is 15.7. The van der Waals surface area contributed by atoms with Gasteiger partial charge in [-0.2, -0.15) is 0 Å². The predicted molar refractivity (Wildman–Crippen MR) is 105 cm³/mol. The van der Waals surface area contributed by atoms with Crippen molar-refractivity contribution in [3.8, 4) is 5.75 Å². The summed E-state index contributed by atoms with van der Waals surface area (Å²) in [5.74, 6) is 1.23. The summed E-state index contributed by atoms with van der Waals surface area (Å²) >= 11 is 0. The van der Waals surface area contributed by atoms with Crippen molar-refractivity contribution in [3.63, 3.8) is 0 Å². The average molecular weight is 379 g/mol. The standard InChI is InChI=1S/C21H21N3O4/c1-14-13-19(24-28-14)23-21(26)17-9-7-16(8-10-17)20(25)22-12-11-15-5-3-4-6-18(15)27-2/h3-10,13H,11-12H2,1-2H3,(H,22,25)(H,23,24,26). The van der Waals surface area contributed by atoms with Gasteiger partial charge in [-0.3, -0.25) is 9.59 Å².